The molecule has 7 nitrogen and oxygen atoms in total. The third kappa shape index (κ3) is 3.31. The van der Waals surface area contributed by atoms with Gasteiger partial charge in [0.25, 0.3) is 0 Å². The maximum atomic E-state index is 6.21. The highest BCUT2D eigenvalue weighted by Gasteiger charge is 2.23. The second kappa shape index (κ2) is 7.33. The molecule has 0 spiro atoms. The Kier molecular flexibility index (Phi) is 5.17. The second-order valence-corrected chi connectivity index (χ2v) is 5.98. The maximum Gasteiger partial charge on any atom is 0.216 e. The van der Waals surface area contributed by atoms with E-state index in [1.54, 1.807) is 30.1 Å². The Morgan fingerprint density at radius 3 is 2.96 bits per heavy atom. The van der Waals surface area contributed by atoms with Crippen molar-refractivity contribution >= 4 is 30.0 Å². The summed E-state index contributed by atoms with van der Waals surface area (Å²) in [5.41, 5.74) is 0.749. The van der Waals surface area contributed by atoms with Crippen molar-refractivity contribution < 1.29 is 14.2 Å². The van der Waals surface area contributed by atoms with E-state index in [0.29, 0.717) is 27.1 Å². The minimum Gasteiger partial charge on any atom is -0.493 e. The Hall–Kier alpha value is -1.90. The van der Waals surface area contributed by atoms with Crippen molar-refractivity contribution in [3.05, 3.63) is 33.3 Å². The van der Waals surface area contributed by atoms with Crippen LogP contribution < -0.4 is 9.47 Å². The van der Waals surface area contributed by atoms with Crippen LogP contribution in [-0.2, 0) is 4.74 Å². The number of aromatic nitrogens is 3. The highest BCUT2D eigenvalue weighted by molar-refractivity contribution is 7.71. The lowest BCUT2D eigenvalue weighted by Gasteiger charge is -2.10. The summed E-state index contributed by atoms with van der Waals surface area (Å²) in [6.07, 6.45) is 3.44. The second-order valence-electron chi connectivity index (χ2n) is 5.18. The predicted molar refractivity (Wildman–Crippen MR) is 92.9 cm³/mol. The minimum absolute atomic E-state index is 0.0934. The lowest BCUT2D eigenvalue weighted by Crippen LogP contribution is -2.05. The number of nitrogens with one attached hydrogen (secondary N) is 1. The molecular weight excluding hydrogens is 352 g/mol. The number of aromatic amines is 1. The quantitative estimate of drug-likeness (QED) is 0.647. The van der Waals surface area contributed by atoms with Gasteiger partial charge in [-0.25, -0.2) is 0 Å². The molecule has 0 aliphatic carbocycles. The summed E-state index contributed by atoms with van der Waals surface area (Å²) >= 11 is 11.5. The van der Waals surface area contributed by atoms with Crippen LogP contribution in [0.4, 0.5) is 0 Å². The highest BCUT2D eigenvalue weighted by Crippen LogP contribution is 2.35. The van der Waals surface area contributed by atoms with Crippen molar-refractivity contribution in [3.8, 4) is 11.5 Å². The molecule has 1 unspecified atom stereocenters. The largest absolute Gasteiger partial charge is 0.493 e. The number of ether oxygens (including phenoxy) is 3. The number of hydrogen-bond donors (Lipinski definition) is 1. The first-order valence-electron chi connectivity index (χ1n) is 7.39. The zero-order valence-electron chi connectivity index (χ0n) is 13.3. The molecule has 9 heteroatoms. The first kappa shape index (κ1) is 16.9. The van der Waals surface area contributed by atoms with Gasteiger partial charge in [0.15, 0.2) is 17.3 Å². The molecule has 0 saturated carbocycles. The van der Waals surface area contributed by atoms with Gasteiger partial charge in [-0.2, -0.15) is 14.9 Å². The first-order valence-corrected chi connectivity index (χ1v) is 8.17. The minimum atomic E-state index is -0.0934. The van der Waals surface area contributed by atoms with Crippen molar-refractivity contribution in [1.82, 2.24) is 14.9 Å². The zero-order valence-corrected chi connectivity index (χ0v) is 14.9. The molecule has 0 bridgehead atoms. The smallest absolute Gasteiger partial charge is 0.216 e. The van der Waals surface area contributed by atoms with E-state index in [4.69, 9.17) is 38.0 Å². The van der Waals surface area contributed by atoms with Crippen LogP contribution in [0.5, 0.6) is 11.5 Å². The summed E-state index contributed by atoms with van der Waals surface area (Å²) in [4.78, 5) is 0. The fourth-order valence-electron chi connectivity index (χ4n) is 2.54. The summed E-state index contributed by atoms with van der Waals surface area (Å²) in [6.45, 7) is 0.722. The molecule has 0 amide bonds. The molecule has 2 heterocycles. The molecule has 2 aromatic rings. The van der Waals surface area contributed by atoms with Crippen LogP contribution in [0.15, 0.2) is 17.2 Å². The Labute approximate surface area is 149 Å². The summed E-state index contributed by atoms with van der Waals surface area (Å²) in [5.74, 6) is 1.68. The first-order chi connectivity index (χ1) is 11.6. The topological polar surface area (TPSA) is 73.7 Å². The molecule has 1 aromatic heterocycles. The van der Waals surface area contributed by atoms with Gasteiger partial charge in [0.1, 0.15) is 6.10 Å². The van der Waals surface area contributed by atoms with Crippen LogP contribution >= 0.6 is 23.8 Å². The summed E-state index contributed by atoms with van der Waals surface area (Å²) in [5, 5.41) is 11.8. The number of rotatable bonds is 5. The predicted octanol–water partition coefficient (Wildman–Crippen LogP) is 3.34. The lowest BCUT2D eigenvalue weighted by molar-refractivity contribution is 0.102. The SMILES string of the molecule is COc1cc(/C=N\n2c(C3CCCO3)n[nH]c2=S)cc(Cl)c1OC. The molecule has 0 radical (unpaired) electrons. The number of H-pyrrole nitrogens is 1. The average molecular weight is 369 g/mol. The van der Waals surface area contributed by atoms with Gasteiger partial charge < -0.3 is 14.2 Å². The number of benzene rings is 1. The number of methoxy groups -OCH3 is 2. The van der Waals surface area contributed by atoms with Gasteiger partial charge in [-0.3, -0.25) is 5.10 Å². The lowest BCUT2D eigenvalue weighted by atomic mass is 10.2. The van der Waals surface area contributed by atoms with Crippen molar-refractivity contribution in [1.29, 1.82) is 0 Å². The van der Waals surface area contributed by atoms with E-state index in [1.807, 2.05) is 0 Å². The van der Waals surface area contributed by atoms with E-state index in [2.05, 4.69) is 15.3 Å². The van der Waals surface area contributed by atoms with Crippen LogP contribution in [0, 0.1) is 4.77 Å². The molecule has 1 atom stereocenters. The van der Waals surface area contributed by atoms with Gasteiger partial charge in [0.2, 0.25) is 4.77 Å². The highest BCUT2D eigenvalue weighted by atomic mass is 35.5. The van der Waals surface area contributed by atoms with Gasteiger partial charge in [0, 0.05) is 6.61 Å². The molecule has 3 rings (SSSR count). The fraction of sp³-hybridized carbons (Fsp3) is 0.400. The van der Waals surface area contributed by atoms with Gasteiger partial charge >= 0.3 is 0 Å². The third-order valence-electron chi connectivity index (χ3n) is 3.67. The average Bonchev–Trinajstić information content (AvgIpc) is 3.22. The van der Waals surface area contributed by atoms with E-state index in [1.165, 1.54) is 7.11 Å². The molecule has 1 aliphatic rings. The number of halogens is 1. The molecule has 1 fully saturated rings. The van der Waals surface area contributed by atoms with E-state index < -0.39 is 0 Å². The Morgan fingerprint density at radius 1 is 1.46 bits per heavy atom. The zero-order chi connectivity index (χ0) is 17.1. The van der Waals surface area contributed by atoms with E-state index in [9.17, 15) is 0 Å². The van der Waals surface area contributed by atoms with E-state index in [-0.39, 0.29) is 6.10 Å². The number of hydrogen-bond acceptors (Lipinski definition) is 6. The van der Waals surface area contributed by atoms with Crippen LogP contribution in [-0.4, -0.2) is 41.9 Å². The monoisotopic (exact) mass is 368 g/mol. The molecule has 1 aromatic carbocycles. The van der Waals surface area contributed by atoms with Gasteiger partial charge in [0.05, 0.1) is 25.5 Å². The Bertz CT molecular complexity index is 812. The van der Waals surface area contributed by atoms with Crippen LogP contribution in [0.25, 0.3) is 0 Å². The van der Waals surface area contributed by atoms with Gasteiger partial charge in [-0.15, -0.1) is 0 Å². The molecular formula is C15H17ClN4O3S. The summed E-state index contributed by atoms with van der Waals surface area (Å²) < 4.78 is 18.1. The third-order valence-corrected chi connectivity index (χ3v) is 4.22. The van der Waals surface area contributed by atoms with Crippen molar-refractivity contribution in [2.45, 2.75) is 18.9 Å². The summed E-state index contributed by atoms with van der Waals surface area (Å²) in [6, 6.07) is 3.52. The van der Waals surface area contributed by atoms with Crippen LogP contribution in [0.2, 0.25) is 5.02 Å². The molecule has 1 saturated heterocycles. The summed E-state index contributed by atoms with van der Waals surface area (Å²) in [7, 11) is 3.09. The Balaban J connectivity index is 1.93. The van der Waals surface area contributed by atoms with Crippen LogP contribution in [0.3, 0.4) is 0 Å². The van der Waals surface area contributed by atoms with E-state index in [0.717, 1.165) is 25.0 Å². The van der Waals surface area contributed by atoms with Crippen molar-refractivity contribution in [2.75, 3.05) is 20.8 Å². The van der Waals surface area contributed by atoms with Crippen molar-refractivity contribution in [2.24, 2.45) is 5.10 Å². The maximum absolute atomic E-state index is 6.21. The molecule has 1 aliphatic heterocycles. The van der Waals surface area contributed by atoms with Gasteiger partial charge in [-0.1, -0.05) is 11.6 Å². The van der Waals surface area contributed by atoms with Crippen LogP contribution in [0.1, 0.15) is 30.3 Å². The molecule has 1 N–H and O–H groups in total. The van der Waals surface area contributed by atoms with Gasteiger partial charge in [-0.05, 0) is 42.8 Å². The number of nitrogens with zero attached hydrogens (tertiary/aromatic N) is 3. The van der Waals surface area contributed by atoms with E-state index >= 15 is 0 Å². The molecule has 24 heavy (non-hydrogen) atoms. The van der Waals surface area contributed by atoms with Crippen molar-refractivity contribution in [3.63, 3.8) is 0 Å². The normalized spacial score (nSPS) is 17.5. The fourth-order valence-corrected chi connectivity index (χ4v) is 3.02. The Morgan fingerprint density at radius 2 is 2.29 bits per heavy atom. The molecule has 128 valence electrons. The standard InChI is InChI=1S/C15H17ClN4O3S/c1-21-12-7-9(6-10(16)13(12)22-2)8-17-20-14(18-19-15(20)24)11-4-3-5-23-11/h6-8,11H,3-5H2,1-2H3,(H,19,24)/b17-8-.